The van der Waals surface area contributed by atoms with E-state index in [1.54, 1.807) is 37.4 Å². The van der Waals surface area contributed by atoms with Crippen LogP contribution in [0, 0.1) is 15.9 Å². The molecule has 0 fully saturated rings. The first-order valence-electron chi connectivity index (χ1n) is 7.22. The molecule has 1 atom stereocenters. The van der Waals surface area contributed by atoms with Crippen molar-refractivity contribution in [2.45, 2.75) is 13.0 Å². The van der Waals surface area contributed by atoms with Crippen LogP contribution in [0.25, 0.3) is 5.65 Å². The molecule has 124 valence electrons. The third-order valence-electron chi connectivity index (χ3n) is 3.71. The van der Waals surface area contributed by atoms with E-state index in [0.717, 1.165) is 0 Å². The SMILES string of the molecule is COc1ccc(C(C)Nc2nc3ccccn3c2[N+](=O)[O-])cc1F. The smallest absolute Gasteiger partial charge is 0.372 e. The molecular formula is C16H15FN4O3. The number of nitrogens with one attached hydrogen (secondary N) is 1. The second-order valence-corrected chi connectivity index (χ2v) is 5.23. The van der Waals surface area contributed by atoms with E-state index >= 15 is 0 Å². The number of nitrogens with zero attached hydrogens (tertiary/aromatic N) is 3. The van der Waals surface area contributed by atoms with E-state index in [1.807, 2.05) is 0 Å². The number of nitro groups is 1. The van der Waals surface area contributed by atoms with Crippen molar-refractivity contribution in [2.75, 3.05) is 12.4 Å². The van der Waals surface area contributed by atoms with Crippen molar-refractivity contribution in [3.8, 4) is 5.75 Å². The van der Waals surface area contributed by atoms with Gasteiger partial charge < -0.3 is 20.2 Å². The van der Waals surface area contributed by atoms with Gasteiger partial charge in [-0.2, -0.15) is 9.38 Å². The number of methoxy groups -OCH3 is 1. The molecule has 1 unspecified atom stereocenters. The highest BCUT2D eigenvalue weighted by Crippen LogP contribution is 2.30. The number of imidazole rings is 1. The van der Waals surface area contributed by atoms with Gasteiger partial charge in [0.15, 0.2) is 11.6 Å². The lowest BCUT2D eigenvalue weighted by molar-refractivity contribution is -0.389. The van der Waals surface area contributed by atoms with Crippen LogP contribution < -0.4 is 10.1 Å². The Hall–Kier alpha value is -3.16. The van der Waals surface area contributed by atoms with Crippen LogP contribution in [0.15, 0.2) is 42.6 Å². The van der Waals surface area contributed by atoms with Crippen molar-refractivity contribution in [1.82, 2.24) is 9.38 Å². The van der Waals surface area contributed by atoms with Gasteiger partial charge in [0.25, 0.3) is 0 Å². The van der Waals surface area contributed by atoms with Gasteiger partial charge in [0.1, 0.15) is 0 Å². The van der Waals surface area contributed by atoms with Crippen molar-refractivity contribution in [1.29, 1.82) is 0 Å². The molecule has 0 spiro atoms. The molecule has 7 nitrogen and oxygen atoms in total. The van der Waals surface area contributed by atoms with Gasteiger partial charge in [0.2, 0.25) is 11.5 Å². The lowest BCUT2D eigenvalue weighted by Crippen LogP contribution is -2.09. The topological polar surface area (TPSA) is 81.7 Å². The van der Waals surface area contributed by atoms with Crippen molar-refractivity contribution in [3.05, 3.63) is 64.1 Å². The number of pyridine rings is 1. The average molecular weight is 330 g/mol. The highest BCUT2D eigenvalue weighted by atomic mass is 19.1. The summed E-state index contributed by atoms with van der Waals surface area (Å²) in [7, 11) is 1.39. The standard InChI is InChI=1S/C16H15FN4O3/c1-10(11-6-7-13(24-2)12(17)9-11)18-15-16(21(22)23)20-8-4-3-5-14(20)19-15/h3-10,18H,1-2H3. The zero-order chi connectivity index (χ0) is 17.3. The van der Waals surface area contributed by atoms with E-state index in [2.05, 4.69) is 10.3 Å². The highest BCUT2D eigenvalue weighted by molar-refractivity contribution is 5.62. The normalized spacial score (nSPS) is 12.1. The zero-order valence-corrected chi connectivity index (χ0v) is 13.1. The second-order valence-electron chi connectivity index (χ2n) is 5.23. The van der Waals surface area contributed by atoms with Gasteiger partial charge in [-0.1, -0.05) is 12.1 Å². The Kier molecular flexibility index (Phi) is 4.03. The monoisotopic (exact) mass is 330 g/mol. The summed E-state index contributed by atoms with van der Waals surface area (Å²) in [5.74, 6) is -0.376. The van der Waals surface area contributed by atoms with Gasteiger partial charge in [-0.15, -0.1) is 0 Å². The van der Waals surface area contributed by atoms with Crippen LogP contribution in [0.3, 0.4) is 0 Å². The number of benzene rings is 1. The summed E-state index contributed by atoms with van der Waals surface area (Å²) < 4.78 is 20.1. The first-order valence-corrected chi connectivity index (χ1v) is 7.22. The largest absolute Gasteiger partial charge is 0.494 e. The minimum absolute atomic E-state index is 0.134. The quantitative estimate of drug-likeness (QED) is 0.571. The maximum Gasteiger partial charge on any atom is 0.372 e. The maximum atomic E-state index is 13.8. The Morgan fingerprint density at radius 1 is 1.38 bits per heavy atom. The number of fused-ring (bicyclic) bond motifs is 1. The van der Waals surface area contributed by atoms with E-state index in [-0.39, 0.29) is 23.4 Å². The fourth-order valence-electron chi connectivity index (χ4n) is 2.49. The Bertz CT molecular complexity index is 909. The number of hydrogen-bond donors (Lipinski definition) is 1. The number of halogens is 1. The minimum atomic E-state index is -0.496. The summed E-state index contributed by atoms with van der Waals surface area (Å²) in [6, 6.07) is 9.27. The first kappa shape index (κ1) is 15.7. The summed E-state index contributed by atoms with van der Waals surface area (Å²) in [6.45, 7) is 1.77. The Morgan fingerprint density at radius 3 is 2.83 bits per heavy atom. The number of anilines is 1. The fraction of sp³-hybridized carbons (Fsp3) is 0.188. The van der Waals surface area contributed by atoms with Crippen LogP contribution in [0.4, 0.5) is 16.0 Å². The predicted octanol–water partition coefficient (Wildman–Crippen LogP) is 3.56. The number of ether oxygens (including phenoxy) is 1. The predicted molar refractivity (Wildman–Crippen MR) is 86.8 cm³/mol. The van der Waals surface area contributed by atoms with Crippen LogP contribution in [-0.4, -0.2) is 21.4 Å². The minimum Gasteiger partial charge on any atom is -0.494 e. The zero-order valence-electron chi connectivity index (χ0n) is 13.1. The van der Waals surface area contributed by atoms with Gasteiger partial charge in [0, 0.05) is 6.07 Å². The molecule has 1 N–H and O–H groups in total. The number of hydrogen-bond acceptors (Lipinski definition) is 5. The molecule has 2 heterocycles. The summed E-state index contributed by atoms with van der Waals surface area (Å²) in [4.78, 5) is 15.1. The van der Waals surface area contributed by atoms with Crippen LogP contribution in [-0.2, 0) is 0 Å². The summed E-state index contributed by atoms with van der Waals surface area (Å²) in [5.41, 5.74) is 1.08. The van der Waals surface area contributed by atoms with Crippen molar-refractivity contribution in [3.63, 3.8) is 0 Å². The molecule has 3 aromatic rings. The molecule has 0 aliphatic heterocycles. The molecule has 3 rings (SSSR count). The summed E-state index contributed by atoms with van der Waals surface area (Å²) in [6.07, 6.45) is 1.57. The van der Waals surface area contributed by atoms with Crippen LogP contribution in [0.2, 0.25) is 0 Å². The molecule has 2 aromatic heterocycles. The van der Waals surface area contributed by atoms with Gasteiger partial charge in [-0.25, -0.2) is 4.39 Å². The molecule has 0 radical (unpaired) electrons. The third kappa shape index (κ3) is 2.73. The van der Waals surface area contributed by atoms with Gasteiger partial charge in [-0.05, 0) is 35.6 Å². The van der Waals surface area contributed by atoms with E-state index in [4.69, 9.17) is 4.74 Å². The first-order chi connectivity index (χ1) is 11.5. The van der Waals surface area contributed by atoms with Crippen LogP contribution in [0.5, 0.6) is 5.75 Å². The van der Waals surface area contributed by atoms with Crippen molar-refractivity contribution < 1.29 is 14.1 Å². The Balaban J connectivity index is 1.96. The van der Waals surface area contributed by atoms with Gasteiger partial charge in [-0.3, -0.25) is 0 Å². The van der Waals surface area contributed by atoms with Crippen molar-refractivity contribution in [2.24, 2.45) is 0 Å². The molecule has 24 heavy (non-hydrogen) atoms. The van der Waals surface area contributed by atoms with Crippen LogP contribution in [0.1, 0.15) is 18.5 Å². The molecule has 0 bridgehead atoms. The molecule has 8 heteroatoms. The van der Waals surface area contributed by atoms with Gasteiger partial charge >= 0.3 is 5.82 Å². The van der Waals surface area contributed by atoms with E-state index in [9.17, 15) is 14.5 Å². The second kappa shape index (κ2) is 6.15. The van der Waals surface area contributed by atoms with Crippen LogP contribution >= 0.6 is 0 Å². The summed E-state index contributed by atoms with van der Waals surface area (Å²) in [5, 5.41) is 14.4. The molecule has 0 amide bonds. The van der Waals surface area contributed by atoms with E-state index in [0.29, 0.717) is 11.2 Å². The van der Waals surface area contributed by atoms with Crippen molar-refractivity contribution >= 4 is 17.3 Å². The fourth-order valence-corrected chi connectivity index (χ4v) is 2.49. The Morgan fingerprint density at radius 2 is 2.17 bits per heavy atom. The highest BCUT2D eigenvalue weighted by Gasteiger charge is 2.24. The Labute approximate surface area is 136 Å². The lowest BCUT2D eigenvalue weighted by atomic mass is 10.1. The molecular weight excluding hydrogens is 315 g/mol. The third-order valence-corrected chi connectivity index (χ3v) is 3.71. The molecule has 0 saturated heterocycles. The molecule has 0 aliphatic rings. The maximum absolute atomic E-state index is 13.8. The summed E-state index contributed by atoms with van der Waals surface area (Å²) >= 11 is 0. The average Bonchev–Trinajstić information content (AvgIpc) is 2.92. The van der Waals surface area contributed by atoms with E-state index in [1.165, 1.54) is 23.6 Å². The molecule has 0 saturated carbocycles. The van der Waals surface area contributed by atoms with Gasteiger partial charge in [0.05, 0.1) is 19.3 Å². The number of aromatic nitrogens is 2. The molecule has 0 aliphatic carbocycles. The van der Waals surface area contributed by atoms with E-state index < -0.39 is 10.7 Å². The molecule has 1 aromatic carbocycles. The number of rotatable bonds is 5. The lowest BCUT2D eigenvalue weighted by Gasteiger charge is -2.14.